The molecule has 0 fully saturated rings. The van der Waals surface area contributed by atoms with Gasteiger partial charge in [-0.05, 0) is 30.7 Å². The number of carbonyl (C=O) groups excluding carboxylic acids is 1. The van der Waals surface area contributed by atoms with Crippen LogP contribution in [0.4, 0.5) is 0 Å². The van der Waals surface area contributed by atoms with Crippen LogP contribution in [0.15, 0.2) is 36.5 Å². The SMILES string of the molecule is CCC(CC(=O)O)NC(=O)c1ccc2ncccc2c1. The molecular formula is C15H16N2O3. The van der Waals surface area contributed by atoms with Gasteiger partial charge in [-0.25, -0.2) is 0 Å². The summed E-state index contributed by atoms with van der Waals surface area (Å²) in [6, 6.07) is 8.56. The fourth-order valence-corrected chi connectivity index (χ4v) is 1.99. The maximum absolute atomic E-state index is 12.1. The average molecular weight is 272 g/mol. The number of carboxylic acids is 1. The minimum Gasteiger partial charge on any atom is -0.481 e. The number of rotatable bonds is 5. The van der Waals surface area contributed by atoms with Gasteiger partial charge in [0.15, 0.2) is 0 Å². The molecule has 0 aliphatic carbocycles. The molecule has 0 spiro atoms. The first-order valence-electron chi connectivity index (χ1n) is 6.47. The van der Waals surface area contributed by atoms with Crippen molar-refractivity contribution >= 4 is 22.8 Å². The number of carboxylic acid groups (broad SMARTS) is 1. The molecule has 20 heavy (non-hydrogen) atoms. The zero-order chi connectivity index (χ0) is 14.5. The van der Waals surface area contributed by atoms with Gasteiger partial charge in [-0.1, -0.05) is 13.0 Å². The summed E-state index contributed by atoms with van der Waals surface area (Å²) in [5.74, 6) is -1.18. The lowest BCUT2D eigenvalue weighted by Gasteiger charge is -2.14. The summed E-state index contributed by atoms with van der Waals surface area (Å²) in [7, 11) is 0. The van der Waals surface area contributed by atoms with Gasteiger partial charge < -0.3 is 10.4 Å². The normalized spacial score (nSPS) is 12.1. The maximum atomic E-state index is 12.1. The molecule has 0 saturated heterocycles. The van der Waals surface area contributed by atoms with Gasteiger partial charge in [0, 0.05) is 23.2 Å². The molecule has 0 saturated carbocycles. The Labute approximate surface area is 116 Å². The smallest absolute Gasteiger partial charge is 0.305 e. The third-order valence-electron chi connectivity index (χ3n) is 3.11. The van der Waals surface area contributed by atoms with Crippen LogP contribution in [0.2, 0.25) is 0 Å². The highest BCUT2D eigenvalue weighted by Gasteiger charge is 2.15. The zero-order valence-corrected chi connectivity index (χ0v) is 11.2. The van der Waals surface area contributed by atoms with Gasteiger partial charge in [-0.15, -0.1) is 0 Å². The number of aromatic nitrogens is 1. The van der Waals surface area contributed by atoms with E-state index in [9.17, 15) is 9.59 Å². The zero-order valence-electron chi connectivity index (χ0n) is 11.2. The van der Waals surface area contributed by atoms with Crippen LogP contribution in [0.5, 0.6) is 0 Å². The van der Waals surface area contributed by atoms with Crippen LogP contribution in [0.25, 0.3) is 10.9 Å². The molecule has 0 bridgehead atoms. The number of hydrogen-bond acceptors (Lipinski definition) is 3. The quantitative estimate of drug-likeness (QED) is 0.874. The van der Waals surface area contributed by atoms with Crippen molar-refractivity contribution in [1.82, 2.24) is 10.3 Å². The number of hydrogen-bond donors (Lipinski definition) is 2. The van der Waals surface area contributed by atoms with Crippen molar-refractivity contribution in [1.29, 1.82) is 0 Å². The van der Waals surface area contributed by atoms with E-state index in [1.54, 1.807) is 24.4 Å². The van der Waals surface area contributed by atoms with Gasteiger partial charge >= 0.3 is 5.97 Å². The maximum Gasteiger partial charge on any atom is 0.305 e. The van der Waals surface area contributed by atoms with Gasteiger partial charge in [0.2, 0.25) is 0 Å². The fraction of sp³-hybridized carbons (Fsp3) is 0.267. The largest absolute Gasteiger partial charge is 0.481 e. The first-order chi connectivity index (χ1) is 9.60. The van der Waals surface area contributed by atoms with E-state index in [2.05, 4.69) is 10.3 Å². The van der Waals surface area contributed by atoms with Gasteiger partial charge in [0.05, 0.1) is 11.9 Å². The first-order valence-corrected chi connectivity index (χ1v) is 6.47. The van der Waals surface area contributed by atoms with Crippen LogP contribution in [0, 0.1) is 0 Å². The summed E-state index contributed by atoms with van der Waals surface area (Å²) in [4.78, 5) is 27.0. The van der Waals surface area contributed by atoms with Crippen molar-refractivity contribution in [3.63, 3.8) is 0 Å². The van der Waals surface area contributed by atoms with Crippen LogP contribution in [0.1, 0.15) is 30.1 Å². The van der Waals surface area contributed by atoms with Crippen LogP contribution in [-0.4, -0.2) is 28.0 Å². The van der Waals surface area contributed by atoms with Gasteiger partial charge in [-0.2, -0.15) is 0 Å². The highest BCUT2D eigenvalue weighted by molar-refractivity contribution is 5.98. The molecule has 104 valence electrons. The van der Waals surface area contributed by atoms with E-state index in [4.69, 9.17) is 5.11 Å². The number of benzene rings is 1. The summed E-state index contributed by atoms with van der Waals surface area (Å²) in [5, 5.41) is 12.4. The molecule has 5 nitrogen and oxygen atoms in total. The molecular weight excluding hydrogens is 256 g/mol. The van der Waals surface area contributed by atoms with E-state index < -0.39 is 5.97 Å². The van der Waals surface area contributed by atoms with Crippen LogP contribution in [-0.2, 0) is 4.79 Å². The molecule has 5 heteroatoms. The van der Waals surface area contributed by atoms with Crippen LogP contribution >= 0.6 is 0 Å². The van der Waals surface area contributed by atoms with Crippen LogP contribution in [0.3, 0.4) is 0 Å². The molecule has 1 amide bonds. The molecule has 0 radical (unpaired) electrons. The molecule has 1 heterocycles. The third-order valence-corrected chi connectivity index (χ3v) is 3.11. The number of carbonyl (C=O) groups is 2. The number of amides is 1. The third kappa shape index (κ3) is 3.32. The number of aliphatic carboxylic acids is 1. The lowest BCUT2D eigenvalue weighted by molar-refractivity contribution is -0.137. The molecule has 1 atom stereocenters. The van der Waals surface area contributed by atoms with Crippen LogP contribution < -0.4 is 5.32 Å². The summed E-state index contributed by atoms with van der Waals surface area (Å²) >= 11 is 0. The number of nitrogens with one attached hydrogen (secondary N) is 1. The summed E-state index contributed by atoms with van der Waals surface area (Å²) in [5.41, 5.74) is 1.33. The molecule has 0 aliphatic heterocycles. The average Bonchev–Trinajstić information content (AvgIpc) is 2.45. The molecule has 1 aromatic carbocycles. The molecule has 2 aromatic rings. The highest BCUT2D eigenvalue weighted by atomic mass is 16.4. The number of nitrogens with zero attached hydrogens (tertiary/aromatic N) is 1. The van der Waals surface area contributed by atoms with Gasteiger partial charge in [-0.3, -0.25) is 14.6 Å². The molecule has 2 rings (SSSR count). The predicted octanol–water partition coefficient (Wildman–Crippen LogP) is 2.22. The Morgan fingerprint density at radius 3 is 2.85 bits per heavy atom. The molecule has 2 N–H and O–H groups in total. The predicted molar refractivity (Wildman–Crippen MR) is 75.5 cm³/mol. The Morgan fingerprint density at radius 1 is 1.35 bits per heavy atom. The van der Waals surface area contributed by atoms with E-state index in [0.29, 0.717) is 12.0 Å². The second-order valence-corrected chi connectivity index (χ2v) is 4.59. The van der Waals surface area contributed by atoms with Crippen molar-refractivity contribution in [3.05, 3.63) is 42.1 Å². The number of fused-ring (bicyclic) bond motifs is 1. The highest BCUT2D eigenvalue weighted by Crippen LogP contribution is 2.13. The van der Waals surface area contributed by atoms with E-state index in [1.165, 1.54) is 0 Å². The number of pyridine rings is 1. The van der Waals surface area contributed by atoms with Crippen molar-refractivity contribution in [2.45, 2.75) is 25.8 Å². The standard InChI is InChI=1S/C15H16N2O3/c1-2-12(9-14(18)19)17-15(20)11-5-6-13-10(8-11)4-3-7-16-13/h3-8,12H,2,9H2,1H3,(H,17,20)(H,18,19). The Balaban J connectivity index is 2.16. The fourth-order valence-electron chi connectivity index (χ4n) is 1.99. The molecule has 0 aliphatic rings. The van der Waals surface area contributed by atoms with Gasteiger partial charge in [0.25, 0.3) is 5.91 Å². The summed E-state index contributed by atoms with van der Waals surface area (Å²) in [6.07, 6.45) is 2.20. The van der Waals surface area contributed by atoms with E-state index >= 15 is 0 Å². The van der Waals surface area contributed by atoms with E-state index in [1.807, 2.05) is 19.1 Å². The van der Waals surface area contributed by atoms with Crippen molar-refractivity contribution in [3.8, 4) is 0 Å². The van der Waals surface area contributed by atoms with Crippen molar-refractivity contribution in [2.24, 2.45) is 0 Å². The minimum absolute atomic E-state index is 0.0720. The second-order valence-electron chi connectivity index (χ2n) is 4.59. The van der Waals surface area contributed by atoms with Crippen molar-refractivity contribution < 1.29 is 14.7 Å². The molecule has 1 unspecified atom stereocenters. The van der Waals surface area contributed by atoms with E-state index in [0.717, 1.165) is 10.9 Å². The van der Waals surface area contributed by atoms with Crippen molar-refractivity contribution in [2.75, 3.05) is 0 Å². The minimum atomic E-state index is -0.917. The Hall–Kier alpha value is -2.43. The lowest BCUT2D eigenvalue weighted by atomic mass is 10.1. The summed E-state index contributed by atoms with van der Waals surface area (Å²) < 4.78 is 0. The van der Waals surface area contributed by atoms with Gasteiger partial charge in [0.1, 0.15) is 0 Å². The molecule has 1 aromatic heterocycles. The summed E-state index contributed by atoms with van der Waals surface area (Å²) in [6.45, 7) is 1.85. The topological polar surface area (TPSA) is 79.3 Å². The second kappa shape index (κ2) is 6.14. The monoisotopic (exact) mass is 272 g/mol. The Kier molecular flexibility index (Phi) is 4.30. The lowest BCUT2D eigenvalue weighted by Crippen LogP contribution is -2.36. The van der Waals surface area contributed by atoms with E-state index in [-0.39, 0.29) is 18.4 Å². The first kappa shape index (κ1) is 14.0. The Morgan fingerprint density at radius 2 is 2.15 bits per heavy atom. The Bertz CT molecular complexity index is 640.